The number of aromatic hydroxyl groups is 1. The van der Waals surface area contributed by atoms with Crippen molar-refractivity contribution in [1.82, 2.24) is 10.2 Å². The maximum atomic E-state index is 9.86. The van der Waals surface area contributed by atoms with Crippen molar-refractivity contribution in [2.75, 3.05) is 13.1 Å². The zero-order valence-corrected chi connectivity index (χ0v) is 10.9. The topological polar surface area (TPSA) is 35.5 Å². The van der Waals surface area contributed by atoms with E-state index < -0.39 is 0 Å². The quantitative estimate of drug-likeness (QED) is 0.820. The molecule has 2 atom stereocenters. The number of aryl methyl sites for hydroxylation is 1. The number of hydrogen-bond donors (Lipinski definition) is 2. The minimum absolute atomic E-state index is 0.412. The summed E-state index contributed by atoms with van der Waals surface area (Å²) in [6.07, 6.45) is 0. The summed E-state index contributed by atoms with van der Waals surface area (Å²) in [7, 11) is 0. The van der Waals surface area contributed by atoms with Crippen LogP contribution >= 0.6 is 0 Å². The number of nitrogens with zero attached hydrogens (tertiary/aromatic N) is 1. The SMILES string of the molecule is Cc1ccc(O)c(CN2CC(C)NC(C)C2)c1. The van der Waals surface area contributed by atoms with E-state index in [2.05, 4.69) is 37.1 Å². The summed E-state index contributed by atoms with van der Waals surface area (Å²) >= 11 is 0. The Kier molecular flexibility index (Phi) is 3.69. The molecule has 1 fully saturated rings. The van der Waals surface area contributed by atoms with Gasteiger partial charge in [-0.25, -0.2) is 0 Å². The van der Waals surface area contributed by atoms with E-state index in [-0.39, 0.29) is 0 Å². The van der Waals surface area contributed by atoms with Gasteiger partial charge < -0.3 is 10.4 Å². The molecule has 0 saturated carbocycles. The first kappa shape index (κ1) is 12.4. The van der Waals surface area contributed by atoms with Crippen molar-refractivity contribution >= 4 is 0 Å². The number of hydrogen-bond acceptors (Lipinski definition) is 3. The molecule has 3 nitrogen and oxygen atoms in total. The maximum Gasteiger partial charge on any atom is 0.120 e. The molecule has 0 aliphatic carbocycles. The molecule has 0 radical (unpaired) electrons. The lowest BCUT2D eigenvalue weighted by Crippen LogP contribution is -2.53. The molecule has 1 aliphatic heterocycles. The Labute approximate surface area is 103 Å². The molecule has 2 unspecified atom stereocenters. The number of phenols is 1. The van der Waals surface area contributed by atoms with E-state index >= 15 is 0 Å². The van der Waals surface area contributed by atoms with E-state index in [1.165, 1.54) is 5.56 Å². The van der Waals surface area contributed by atoms with E-state index in [1.807, 2.05) is 6.07 Å². The molecule has 1 aromatic rings. The van der Waals surface area contributed by atoms with Gasteiger partial charge in [-0.15, -0.1) is 0 Å². The first-order valence-corrected chi connectivity index (χ1v) is 6.31. The van der Waals surface area contributed by atoms with Gasteiger partial charge in [-0.3, -0.25) is 4.90 Å². The minimum atomic E-state index is 0.412. The molecule has 94 valence electrons. The first-order chi connectivity index (χ1) is 8.04. The number of piperazine rings is 1. The summed E-state index contributed by atoms with van der Waals surface area (Å²) < 4.78 is 0. The molecule has 3 heteroatoms. The fourth-order valence-corrected chi connectivity index (χ4v) is 2.65. The third-order valence-corrected chi connectivity index (χ3v) is 3.26. The summed E-state index contributed by atoms with van der Waals surface area (Å²) in [5, 5.41) is 13.4. The Bertz CT molecular complexity index is 382. The van der Waals surface area contributed by atoms with Crippen LogP contribution in [0.1, 0.15) is 25.0 Å². The van der Waals surface area contributed by atoms with Crippen molar-refractivity contribution < 1.29 is 5.11 Å². The highest BCUT2D eigenvalue weighted by Gasteiger charge is 2.21. The second-order valence-corrected chi connectivity index (χ2v) is 5.30. The molecule has 1 heterocycles. The molecule has 1 aromatic carbocycles. The van der Waals surface area contributed by atoms with Gasteiger partial charge in [0.05, 0.1) is 0 Å². The molecule has 1 saturated heterocycles. The molecular formula is C14H22N2O. The summed E-state index contributed by atoms with van der Waals surface area (Å²) in [5.41, 5.74) is 2.24. The van der Waals surface area contributed by atoms with Gasteiger partial charge in [0, 0.05) is 37.3 Å². The molecule has 17 heavy (non-hydrogen) atoms. The molecule has 2 N–H and O–H groups in total. The monoisotopic (exact) mass is 234 g/mol. The highest BCUT2D eigenvalue weighted by atomic mass is 16.3. The van der Waals surface area contributed by atoms with Gasteiger partial charge in [-0.2, -0.15) is 0 Å². The largest absolute Gasteiger partial charge is 0.508 e. The normalized spacial score (nSPS) is 26.1. The van der Waals surface area contributed by atoms with Crippen LogP contribution in [0.25, 0.3) is 0 Å². The molecule has 2 rings (SSSR count). The van der Waals surface area contributed by atoms with E-state index in [0.717, 1.165) is 25.2 Å². The van der Waals surface area contributed by atoms with Crippen LogP contribution in [0.4, 0.5) is 0 Å². The summed E-state index contributed by atoms with van der Waals surface area (Å²) in [6, 6.07) is 6.85. The number of nitrogens with one attached hydrogen (secondary N) is 1. The van der Waals surface area contributed by atoms with Crippen molar-refractivity contribution in [1.29, 1.82) is 0 Å². The van der Waals surface area contributed by atoms with Crippen molar-refractivity contribution in [2.45, 2.75) is 39.4 Å². The van der Waals surface area contributed by atoms with Crippen LogP contribution in [0, 0.1) is 6.92 Å². The lowest BCUT2D eigenvalue weighted by molar-refractivity contribution is 0.165. The van der Waals surface area contributed by atoms with E-state index in [1.54, 1.807) is 6.07 Å². The summed E-state index contributed by atoms with van der Waals surface area (Å²) in [5.74, 6) is 0.412. The number of benzene rings is 1. The van der Waals surface area contributed by atoms with Gasteiger partial charge in [0.1, 0.15) is 5.75 Å². The second-order valence-electron chi connectivity index (χ2n) is 5.30. The Hall–Kier alpha value is -1.06. The van der Waals surface area contributed by atoms with Crippen LogP contribution in [0.2, 0.25) is 0 Å². The zero-order chi connectivity index (χ0) is 12.4. The standard InChI is InChI=1S/C14H22N2O/c1-10-4-5-14(17)13(6-10)9-16-7-11(2)15-12(3)8-16/h4-6,11-12,15,17H,7-9H2,1-3H3. The van der Waals surface area contributed by atoms with E-state index in [9.17, 15) is 5.11 Å². The second kappa shape index (κ2) is 5.07. The van der Waals surface area contributed by atoms with Crippen LogP contribution in [-0.2, 0) is 6.54 Å². The molecule has 0 spiro atoms. The number of phenolic OH excluding ortho intramolecular Hbond substituents is 1. The van der Waals surface area contributed by atoms with Crippen molar-refractivity contribution in [2.24, 2.45) is 0 Å². The van der Waals surface area contributed by atoms with E-state index in [0.29, 0.717) is 17.8 Å². The fourth-order valence-electron chi connectivity index (χ4n) is 2.65. The first-order valence-electron chi connectivity index (χ1n) is 6.31. The average Bonchev–Trinajstić information content (AvgIpc) is 2.22. The van der Waals surface area contributed by atoms with Gasteiger partial charge in [0.2, 0.25) is 0 Å². The third-order valence-electron chi connectivity index (χ3n) is 3.26. The van der Waals surface area contributed by atoms with E-state index in [4.69, 9.17) is 0 Å². The molecular weight excluding hydrogens is 212 g/mol. The van der Waals surface area contributed by atoms with Gasteiger partial charge in [0.15, 0.2) is 0 Å². The van der Waals surface area contributed by atoms with Crippen molar-refractivity contribution in [3.05, 3.63) is 29.3 Å². The van der Waals surface area contributed by atoms with Gasteiger partial charge in [0.25, 0.3) is 0 Å². The van der Waals surface area contributed by atoms with Crippen molar-refractivity contribution in [3.8, 4) is 5.75 Å². The molecule has 0 amide bonds. The third kappa shape index (κ3) is 3.20. The van der Waals surface area contributed by atoms with Crippen molar-refractivity contribution in [3.63, 3.8) is 0 Å². The van der Waals surface area contributed by atoms with Crippen LogP contribution in [0.15, 0.2) is 18.2 Å². The zero-order valence-electron chi connectivity index (χ0n) is 10.9. The Morgan fingerprint density at radius 3 is 2.59 bits per heavy atom. The lowest BCUT2D eigenvalue weighted by atomic mass is 10.1. The molecule has 0 bridgehead atoms. The van der Waals surface area contributed by atoms with Gasteiger partial charge in [-0.1, -0.05) is 17.7 Å². The predicted molar refractivity (Wildman–Crippen MR) is 70.2 cm³/mol. The lowest BCUT2D eigenvalue weighted by Gasteiger charge is -2.36. The van der Waals surface area contributed by atoms with Crippen LogP contribution < -0.4 is 5.32 Å². The summed E-state index contributed by atoms with van der Waals surface area (Å²) in [6.45, 7) is 9.39. The Morgan fingerprint density at radius 1 is 1.29 bits per heavy atom. The van der Waals surface area contributed by atoms with Gasteiger partial charge >= 0.3 is 0 Å². The smallest absolute Gasteiger partial charge is 0.120 e. The minimum Gasteiger partial charge on any atom is -0.508 e. The van der Waals surface area contributed by atoms with Gasteiger partial charge in [-0.05, 0) is 26.8 Å². The Morgan fingerprint density at radius 2 is 1.94 bits per heavy atom. The average molecular weight is 234 g/mol. The predicted octanol–water partition coefficient (Wildman–Crippen LogP) is 1.88. The fraction of sp³-hybridized carbons (Fsp3) is 0.571. The maximum absolute atomic E-state index is 9.86. The van der Waals surface area contributed by atoms with Crippen LogP contribution in [0.5, 0.6) is 5.75 Å². The van der Waals surface area contributed by atoms with Crippen LogP contribution in [-0.4, -0.2) is 35.2 Å². The Balaban J connectivity index is 2.07. The number of rotatable bonds is 2. The highest BCUT2D eigenvalue weighted by Crippen LogP contribution is 2.21. The molecule has 1 aliphatic rings. The molecule has 0 aromatic heterocycles. The summed E-state index contributed by atoms with van der Waals surface area (Å²) in [4.78, 5) is 2.40. The highest BCUT2D eigenvalue weighted by molar-refractivity contribution is 5.35. The van der Waals surface area contributed by atoms with Crippen LogP contribution in [0.3, 0.4) is 0 Å².